The Morgan fingerprint density at radius 2 is 2.12 bits per heavy atom. The molecule has 0 saturated heterocycles. The van der Waals surface area contributed by atoms with Gasteiger partial charge in [0, 0.05) is 34.4 Å². The second-order valence-corrected chi connectivity index (χ2v) is 7.28. The second kappa shape index (κ2) is 6.15. The summed E-state index contributed by atoms with van der Waals surface area (Å²) in [5.41, 5.74) is 1.13. The van der Waals surface area contributed by atoms with Crippen molar-refractivity contribution >= 4 is 27.8 Å². The molecule has 3 heterocycles. The number of nitrogens with zero attached hydrogens (tertiary/aromatic N) is 3. The molecule has 26 heavy (non-hydrogen) atoms. The molecule has 1 amide bonds. The Morgan fingerprint density at radius 3 is 2.81 bits per heavy atom. The van der Waals surface area contributed by atoms with Crippen LogP contribution in [-0.2, 0) is 24.3 Å². The van der Waals surface area contributed by atoms with Gasteiger partial charge in [0.15, 0.2) is 6.04 Å². The van der Waals surface area contributed by atoms with Gasteiger partial charge in [0.2, 0.25) is 0 Å². The van der Waals surface area contributed by atoms with Gasteiger partial charge in [0.1, 0.15) is 0 Å². The normalized spacial score (nSPS) is 16.9. The Labute approximate surface area is 155 Å². The Hall–Kier alpha value is -2.29. The molecule has 4 rings (SSSR count). The minimum Gasteiger partial charge on any atom is -0.479 e. The molecule has 0 radical (unpaired) electrons. The summed E-state index contributed by atoms with van der Waals surface area (Å²) in [7, 11) is 0. The minimum atomic E-state index is -2.76. The summed E-state index contributed by atoms with van der Waals surface area (Å²) in [6.45, 7) is 0.579. The van der Waals surface area contributed by atoms with Crippen LogP contribution in [0.15, 0.2) is 22.9 Å². The number of halogens is 3. The molecule has 1 aromatic heterocycles. The van der Waals surface area contributed by atoms with Crippen molar-refractivity contribution in [1.82, 2.24) is 14.5 Å². The van der Waals surface area contributed by atoms with E-state index in [4.69, 9.17) is 0 Å². The summed E-state index contributed by atoms with van der Waals surface area (Å²) in [6.07, 6.45) is 0.382. The van der Waals surface area contributed by atoms with E-state index in [1.54, 1.807) is 6.33 Å². The molecular formula is C17H14BrF2N3O3. The van der Waals surface area contributed by atoms with Gasteiger partial charge in [0.25, 0.3) is 12.3 Å². The predicted molar refractivity (Wildman–Crippen MR) is 89.9 cm³/mol. The van der Waals surface area contributed by atoms with Crippen LogP contribution in [0.1, 0.15) is 51.8 Å². The summed E-state index contributed by atoms with van der Waals surface area (Å²) in [4.78, 5) is 30.1. The summed E-state index contributed by atoms with van der Waals surface area (Å²) in [5, 5.41) is 9.77. The van der Waals surface area contributed by atoms with Gasteiger partial charge in [-0.2, -0.15) is 0 Å². The van der Waals surface area contributed by atoms with Gasteiger partial charge >= 0.3 is 5.97 Å². The molecule has 0 aliphatic carbocycles. The van der Waals surface area contributed by atoms with Gasteiger partial charge in [-0.05, 0) is 30.5 Å². The van der Waals surface area contributed by atoms with E-state index < -0.39 is 24.3 Å². The lowest BCUT2D eigenvalue weighted by Crippen LogP contribution is -2.35. The molecule has 2 aliphatic rings. The van der Waals surface area contributed by atoms with E-state index >= 15 is 0 Å². The van der Waals surface area contributed by atoms with Crippen molar-refractivity contribution in [1.29, 1.82) is 0 Å². The third-order valence-electron chi connectivity index (χ3n) is 4.90. The number of aliphatic carboxylic acids is 1. The van der Waals surface area contributed by atoms with Gasteiger partial charge < -0.3 is 14.6 Å². The monoisotopic (exact) mass is 425 g/mol. The Balaban J connectivity index is 1.78. The maximum atomic E-state index is 13.4. The van der Waals surface area contributed by atoms with Crippen molar-refractivity contribution in [3.63, 3.8) is 0 Å². The first-order valence-electron chi connectivity index (χ1n) is 8.06. The van der Waals surface area contributed by atoms with E-state index in [0.717, 1.165) is 23.6 Å². The zero-order valence-electron chi connectivity index (χ0n) is 13.5. The highest BCUT2D eigenvalue weighted by Crippen LogP contribution is 2.39. The van der Waals surface area contributed by atoms with Crippen LogP contribution in [-0.4, -0.2) is 31.4 Å². The van der Waals surface area contributed by atoms with Crippen LogP contribution in [0.25, 0.3) is 0 Å². The van der Waals surface area contributed by atoms with Gasteiger partial charge in [-0.25, -0.2) is 18.6 Å². The molecule has 0 fully saturated rings. The number of fused-ring (bicyclic) bond motifs is 2. The number of carboxylic acid groups (broad SMARTS) is 1. The van der Waals surface area contributed by atoms with Crippen molar-refractivity contribution in [3.05, 3.63) is 51.0 Å². The van der Waals surface area contributed by atoms with Crippen LogP contribution in [0.5, 0.6) is 0 Å². The number of aryl methyl sites for hydroxylation is 1. The van der Waals surface area contributed by atoms with Crippen LogP contribution >= 0.6 is 15.9 Å². The van der Waals surface area contributed by atoms with Crippen LogP contribution in [0, 0.1) is 0 Å². The van der Waals surface area contributed by atoms with E-state index in [1.807, 2.05) is 4.57 Å². The fraction of sp³-hybridized carbons (Fsp3) is 0.353. The molecule has 1 atom stereocenters. The smallest absolute Gasteiger partial charge is 0.332 e. The Bertz CT molecular complexity index is 928. The molecule has 2 aliphatic heterocycles. The summed E-state index contributed by atoms with van der Waals surface area (Å²) < 4.78 is 29.0. The zero-order chi connectivity index (χ0) is 18.6. The van der Waals surface area contributed by atoms with E-state index in [1.165, 1.54) is 12.1 Å². The summed E-state index contributed by atoms with van der Waals surface area (Å²) >= 11 is 3.14. The molecule has 1 N–H and O–H groups in total. The molecular weight excluding hydrogens is 412 g/mol. The second-order valence-electron chi connectivity index (χ2n) is 6.37. The van der Waals surface area contributed by atoms with Crippen molar-refractivity contribution in [3.8, 4) is 0 Å². The van der Waals surface area contributed by atoms with Crippen molar-refractivity contribution < 1.29 is 23.5 Å². The van der Waals surface area contributed by atoms with E-state index in [9.17, 15) is 23.5 Å². The van der Waals surface area contributed by atoms with Gasteiger partial charge in [-0.15, -0.1) is 0 Å². The first-order valence-corrected chi connectivity index (χ1v) is 8.86. The Morgan fingerprint density at radius 1 is 1.35 bits per heavy atom. The Kier molecular flexibility index (Phi) is 4.06. The quantitative estimate of drug-likeness (QED) is 0.814. The number of benzene rings is 1. The molecule has 1 aromatic carbocycles. The maximum absolute atomic E-state index is 13.4. The molecule has 0 saturated carbocycles. The number of aromatic nitrogens is 2. The number of carbonyl (C=O) groups is 2. The lowest BCUT2D eigenvalue weighted by molar-refractivity contribution is -0.142. The first kappa shape index (κ1) is 17.1. The third kappa shape index (κ3) is 2.53. The average Bonchev–Trinajstić information content (AvgIpc) is 3.25. The number of alkyl halides is 2. The number of hydrogen-bond donors (Lipinski definition) is 1. The van der Waals surface area contributed by atoms with E-state index in [2.05, 4.69) is 20.9 Å². The van der Waals surface area contributed by atoms with Gasteiger partial charge in [-0.3, -0.25) is 4.79 Å². The van der Waals surface area contributed by atoms with Gasteiger partial charge in [-0.1, -0.05) is 15.9 Å². The van der Waals surface area contributed by atoms with Crippen molar-refractivity contribution in [2.45, 2.75) is 38.4 Å². The number of hydrogen-bond acceptors (Lipinski definition) is 3. The zero-order valence-corrected chi connectivity index (χ0v) is 15.0. The number of imidazole rings is 1. The fourth-order valence-electron chi connectivity index (χ4n) is 3.76. The number of amides is 1. The number of carboxylic acids is 1. The average molecular weight is 426 g/mol. The molecule has 2 aromatic rings. The SMILES string of the molecule is O=C(O)C(c1ncn2c1CCC2)N1Cc2c(cc(Br)cc2C(F)F)C1=O. The van der Waals surface area contributed by atoms with Crippen molar-refractivity contribution in [2.24, 2.45) is 0 Å². The third-order valence-corrected chi connectivity index (χ3v) is 5.36. The number of rotatable bonds is 4. The lowest BCUT2D eigenvalue weighted by atomic mass is 10.0. The molecule has 0 bridgehead atoms. The maximum Gasteiger partial charge on any atom is 0.332 e. The van der Waals surface area contributed by atoms with Crippen LogP contribution < -0.4 is 0 Å². The molecule has 9 heteroatoms. The largest absolute Gasteiger partial charge is 0.479 e. The highest BCUT2D eigenvalue weighted by Gasteiger charge is 2.42. The van der Waals surface area contributed by atoms with Crippen LogP contribution in [0.3, 0.4) is 0 Å². The number of carbonyl (C=O) groups excluding carboxylic acids is 1. The fourth-order valence-corrected chi connectivity index (χ4v) is 4.23. The highest BCUT2D eigenvalue weighted by molar-refractivity contribution is 9.10. The summed E-state index contributed by atoms with van der Waals surface area (Å²) in [5.74, 6) is -1.80. The minimum absolute atomic E-state index is 0.108. The predicted octanol–water partition coefficient (Wildman–Crippen LogP) is 3.31. The van der Waals surface area contributed by atoms with Gasteiger partial charge in [0.05, 0.1) is 12.0 Å². The molecule has 1 unspecified atom stereocenters. The van der Waals surface area contributed by atoms with Crippen LogP contribution in [0.2, 0.25) is 0 Å². The van der Waals surface area contributed by atoms with E-state index in [-0.39, 0.29) is 23.2 Å². The standard InChI is InChI=1S/C17H14BrF2N3O3/c18-8-4-9(15(19)20)11-6-23(16(24)10(11)5-8)14(17(25)26)13-12-2-1-3-22(12)7-21-13/h4-5,7,14-15H,1-3,6H2,(H,25,26). The first-order chi connectivity index (χ1) is 12.4. The molecule has 136 valence electrons. The lowest BCUT2D eigenvalue weighted by Gasteiger charge is -2.23. The highest BCUT2D eigenvalue weighted by atomic mass is 79.9. The van der Waals surface area contributed by atoms with Crippen molar-refractivity contribution in [2.75, 3.05) is 0 Å². The molecule has 0 spiro atoms. The summed E-state index contributed by atoms with van der Waals surface area (Å²) in [6, 6.07) is 1.43. The molecule has 6 nitrogen and oxygen atoms in total. The topological polar surface area (TPSA) is 75.4 Å². The van der Waals surface area contributed by atoms with Crippen LogP contribution in [0.4, 0.5) is 8.78 Å². The van der Waals surface area contributed by atoms with E-state index in [0.29, 0.717) is 16.6 Å².